The summed E-state index contributed by atoms with van der Waals surface area (Å²) >= 11 is 1.03. The van der Waals surface area contributed by atoms with Gasteiger partial charge in [-0.3, -0.25) is 9.89 Å². The van der Waals surface area contributed by atoms with Crippen LogP contribution in [0.2, 0.25) is 0 Å². The van der Waals surface area contributed by atoms with Crippen LogP contribution in [0.25, 0.3) is 0 Å². The van der Waals surface area contributed by atoms with Crippen LogP contribution >= 0.6 is 35.3 Å². The van der Waals surface area contributed by atoms with E-state index in [0.29, 0.717) is 30.0 Å². The van der Waals surface area contributed by atoms with Gasteiger partial charge < -0.3 is 15.5 Å². The van der Waals surface area contributed by atoms with Crippen molar-refractivity contribution in [2.45, 2.75) is 18.6 Å². The van der Waals surface area contributed by atoms with Gasteiger partial charge in [-0.15, -0.1) is 35.3 Å². The van der Waals surface area contributed by atoms with Crippen molar-refractivity contribution in [1.29, 1.82) is 0 Å². The van der Waals surface area contributed by atoms with E-state index >= 15 is 0 Å². The summed E-state index contributed by atoms with van der Waals surface area (Å²) in [4.78, 5) is 12.4. The van der Waals surface area contributed by atoms with Crippen molar-refractivity contribution in [1.82, 2.24) is 25.4 Å². The summed E-state index contributed by atoms with van der Waals surface area (Å²) in [6.45, 7) is 4.31. The molecule has 1 saturated heterocycles. The molecule has 6 nitrogen and oxygen atoms in total. The van der Waals surface area contributed by atoms with Crippen LogP contribution in [0.15, 0.2) is 10.4 Å². The molecule has 1 unspecified atom stereocenters. The van der Waals surface area contributed by atoms with Crippen molar-refractivity contribution in [2.75, 3.05) is 53.9 Å². The summed E-state index contributed by atoms with van der Waals surface area (Å²) in [5.41, 5.74) is -0.820. The molecule has 0 spiro atoms. The van der Waals surface area contributed by atoms with E-state index in [0.717, 1.165) is 42.9 Å². The van der Waals surface area contributed by atoms with Crippen LogP contribution in [0.1, 0.15) is 10.7 Å². The van der Waals surface area contributed by atoms with Crippen molar-refractivity contribution in [2.24, 2.45) is 4.99 Å². The molecule has 11 heteroatoms. The van der Waals surface area contributed by atoms with E-state index in [1.165, 1.54) is 0 Å². The number of likely N-dealkylation sites (N-methyl/N-ethyl adjacent to an activating group) is 2. The fourth-order valence-electron chi connectivity index (χ4n) is 2.60. The van der Waals surface area contributed by atoms with Gasteiger partial charge in [-0.1, -0.05) is 0 Å². The van der Waals surface area contributed by atoms with Crippen molar-refractivity contribution in [3.63, 3.8) is 0 Å². The smallest absolute Gasteiger partial charge is 0.356 e. The molecule has 0 saturated carbocycles. The Kier molecular flexibility index (Phi) is 9.55. The summed E-state index contributed by atoms with van der Waals surface area (Å²) in [7, 11) is 5.89. The average molecular weight is 506 g/mol. The number of hydrogen-bond acceptors (Lipinski definition) is 5. The first-order valence-corrected chi connectivity index (χ1v) is 9.02. The Labute approximate surface area is 173 Å². The zero-order valence-electron chi connectivity index (χ0n) is 15.1. The number of aromatic nitrogens is 1. The fourth-order valence-corrected chi connectivity index (χ4v) is 3.41. The molecule has 2 heterocycles. The van der Waals surface area contributed by atoms with E-state index in [9.17, 15) is 13.2 Å². The number of rotatable bonds is 5. The van der Waals surface area contributed by atoms with E-state index in [1.54, 1.807) is 7.05 Å². The number of nitrogens with one attached hydrogen (secondary N) is 2. The summed E-state index contributed by atoms with van der Waals surface area (Å²) in [6.07, 6.45) is -3.95. The van der Waals surface area contributed by atoms with Crippen LogP contribution in [-0.4, -0.2) is 80.7 Å². The van der Waals surface area contributed by atoms with Crippen LogP contribution in [0.4, 0.5) is 13.2 Å². The topological polar surface area (TPSA) is 55.8 Å². The molecule has 0 aromatic carbocycles. The highest BCUT2D eigenvalue weighted by Crippen LogP contribution is 2.29. The lowest BCUT2D eigenvalue weighted by atomic mass is 10.2. The maximum absolute atomic E-state index is 12.5. The highest BCUT2D eigenvalue weighted by Gasteiger charge is 2.33. The monoisotopic (exact) mass is 506 g/mol. The molecular weight excluding hydrogens is 480 g/mol. The van der Waals surface area contributed by atoms with Crippen molar-refractivity contribution in [3.8, 4) is 0 Å². The van der Waals surface area contributed by atoms with E-state index in [1.807, 2.05) is 0 Å². The molecule has 1 fully saturated rings. The minimum atomic E-state index is -4.38. The van der Waals surface area contributed by atoms with Crippen LogP contribution in [0, 0.1) is 0 Å². The van der Waals surface area contributed by atoms with Crippen LogP contribution in [0.3, 0.4) is 0 Å². The normalized spacial score (nSPS) is 19.9. The lowest BCUT2D eigenvalue weighted by Crippen LogP contribution is -2.55. The van der Waals surface area contributed by atoms with Crippen LogP contribution < -0.4 is 10.6 Å². The number of halogens is 4. The Hall–Kier alpha value is -0.660. The zero-order chi connectivity index (χ0) is 18.4. The molecule has 0 radical (unpaired) electrons. The van der Waals surface area contributed by atoms with Gasteiger partial charge >= 0.3 is 6.18 Å². The second-order valence-electron chi connectivity index (χ2n) is 6.15. The SMILES string of the molecule is CN=C(NCCc1nc(C(F)(F)F)cs1)NCC1CN(C)CCN1C.I. The summed E-state index contributed by atoms with van der Waals surface area (Å²) in [6, 6.07) is 0.394. The first-order chi connectivity index (χ1) is 11.8. The standard InChI is InChI=1S/C15H25F3N6S.HI/c1-19-14(21-8-11-9-23(2)6-7-24(11)3)20-5-4-13-22-12(10-25-13)15(16,17)18;/h10-11H,4-9H2,1-3H3,(H2,19,20,21);1H. The minimum Gasteiger partial charge on any atom is -0.356 e. The van der Waals surface area contributed by atoms with Gasteiger partial charge in [0.2, 0.25) is 0 Å². The molecule has 26 heavy (non-hydrogen) atoms. The summed E-state index contributed by atoms with van der Waals surface area (Å²) in [5, 5.41) is 7.92. The quantitative estimate of drug-likeness (QED) is 0.362. The first-order valence-electron chi connectivity index (χ1n) is 8.14. The molecule has 1 atom stereocenters. The van der Waals surface area contributed by atoms with E-state index in [2.05, 4.69) is 44.5 Å². The number of nitrogens with zero attached hydrogens (tertiary/aromatic N) is 4. The lowest BCUT2D eigenvalue weighted by Gasteiger charge is -2.37. The van der Waals surface area contributed by atoms with Gasteiger partial charge in [0.05, 0.1) is 5.01 Å². The molecule has 1 aromatic heterocycles. The van der Waals surface area contributed by atoms with E-state index < -0.39 is 11.9 Å². The van der Waals surface area contributed by atoms with E-state index in [-0.39, 0.29) is 24.0 Å². The molecule has 1 aromatic rings. The maximum atomic E-state index is 12.5. The van der Waals surface area contributed by atoms with Gasteiger partial charge in [-0.25, -0.2) is 4.98 Å². The Bertz CT molecular complexity index is 580. The third kappa shape index (κ3) is 7.16. The van der Waals surface area contributed by atoms with Gasteiger partial charge in [-0.05, 0) is 14.1 Å². The Morgan fingerprint density at radius 2 is 2.08 bits per heavy atom. The predicted molar refractivity (Wildman–Crippen MR) is 110 cm³/mol. The highest BCUT2D eigenvalue weighted by molar-refractivity contribution is 14.0. The Balaban J connectivity index is 0.00000338. The largest absolute Gasteiger partial charge is 0.434 e. The van der Waals surface area contributed by atoms with Gasteiger partial charge in [0, 0.05) is 57.6 Å². The van der Waals surface area contributed by atoms with Gasteiger partial charge in [0.25, 0.3) is 0 Å². The molecule has 150 valence electrons. The number of hydrogen-bond donors (Lipinski definition) is 2. The van der Waals surface area contributed by atoms with Gasteiger partial charge in [0.15, 0.2) is 11.7 Å². The number of aliphatic imine (C=N–C) groups is 1. The maximum Gasteiger partial charge on any atom is 0.434 e. The second-order valence-corrected chi connectivity index (χ2v) is 7.09. The number of alkyl halides is 3. The van der Waals surface area contributed by atoms with Crippen LogP contribution in [-0.2, 0) is 12.6 Å². The second kappa shape index (κ2) is 10.6. The number of piperazine rings is 1. The average Bonchev–Trinajstić information content (AvgIpc) is 3.03. The van der Waals surface area contributed by atoms with Crippen LogP contribution in [0.5, 0.6) is 0 Å². The number of guanidine groups is 1. The summed E-state index contributed by atoms with van der Waals surface area (Å²) < 4.78 is 37.6. The lowest BCUT2D eigenvalue weighted by molar-refractivity contribution is -0.140. The van der Waals surface area contributed by atoms with Gasteiger partial charge in [-0.2, -0.15) is 13.2 Å². The van der Waals surface area contributed by atoms with Crippen molar-refractivity contribution in [3.05, 3.63) is 16.1 Å². The molecule has 0 bridgehead atoms. The molecule has 1 aliphatic heterocycles. The first kappa shape index (κ1) is 23.4. The fraction of sp³-hybridized carbons (Fsp3) is 0.733. The van der Waals surface area contributed by atoms with Crippen molar-refractivity contribution < 1.29 is 13.2 Å². The molecule has 2 N–H and O–H groups in total. The summed E-state index contributed by atoms with van der Waals surface area (Å²) in [5.74, 6) is 0.647. The van der Waals surface area contributed by atoms with E-state index in [4.69, 9.17) is 0 Å². The Morgan fingerprint density at radius 3 is 2.69 bits per heavy atom. The Morgan fingerprint density at radius 1 is 1.35 bits per heavy atom. The highest BCUT2D eigenvalue weighted by atomic mass is 127. The molecular formula is C15H26F3IN6S. The molecule has 1 aliphatic rings. The molecule has 0 aliphatic carbocycles. The predicted octanol–water partition coefficient (Wildman–Crippen LogP) is 1.73. The molecule has 0 amide bonds. The third-order valence-corrected chi connectivity index (χ3v) is 5.09. The zero-order valence-corrected chi connectivity index (χ0v) is 18.3. The minimum absolute atomic E-state index is 0. The van der Waals surface area contributed by atoms with Crippen molar-refractivity contribution >= 4 is 41.3 Å². The number of thiazole rings is 1. The van der Waals surface area contributed by atoms with Gasteiger partial charge in [0.1, 0.15) is 0 Å². The third-order valence-electron chi connectivity index (χ3n) is 4.18. The molecule has 2 rings (SSSR count).